The summed E-state index contributed by atoms with van der Waals surface area (Å²) in [5, 5.41) is 7.39. The van der Waals surface area contributed by atoms with Gasteiger partial charge < -0.3 is 10.6 Å². The molecule has 1 aliphatic rings. The Bertz CT molecular complexity index is 627. The number of nitrogens with one attached hydrogen (secondary N) is 1. The van der Waals surface area contributed by atoms with E-state index in [0.29, 0.717) is 5.92 Å². The van der Waals surface area contributed by atoms with E-state index in [9.17, 15) is 4.79 Å². The average Bonchev–Trinajstić information content (AvgIpc) is 3.04. The summed E-state index contributed by atoms with van der Waals surface area (Å²) in [6.45, 7) is 3.27. The monoisotopic (exact) mass is 298 g/mol. The number of carbonyl (C=O) groups excluding carboxylic acids is 1. The molecule has 1 saturated heterocycles. The zero-order chi connectivity index (χ0) is 15.5. The Labute approximate surface area is 130 Å². The lowest BCUT2D eigenvalue weighted by atomic mass is 9.89. The maximum Gasteiger partial charge on any atom is 0.239 e. The molecule has 0 spiro atoms. The molecule has 116 valence electrons. The Morgan fingerprint density at radius 1 is 1.32 bits per heavy atom. The summed E-state index contributed by atoms with van der Waals surface area (Å²) in [6.07, 6.45) is 3.78. The minimum atomic E-state index is -0.413. The first kappa shape index (κ1) is 14.8. The van der Waals surface area contributed by atoms with E-state index in [2.05, 4.69) is 22.3 Å². The Hall–Kier alpha value is -2.14. The van der Waals surface area contributed by atoms with Gasteiger partial charge in [-0.1, -0.05) is 30.3 Å². The maximum absolute atomic E-state index is 12.0. The van der Waals surface area contributed by atoms with Crippen molar-refractivity contribution in [1.82, 2.24) is 15.1 Å². The summed E-state index contributed by atoms with van der Waals surface area (Å²) >= 11 is 0. The molecule has 1 aromatic carbocycles. The number of aromatic nitrogens is 2. The molecule has 5 heteroatoms. The Morgan fingerprint density at radius 2 is 2.00 bits per heavy atom. The van der Waals surface area contributed by atoms with Crippen molar-refractivity contribution in [3.8, 4) is 11.1 Å². The van der Waals surface area contributed by atoms with Crippen molar-refractivity contribution >= 4 is 5.91 Å². The van der Waals surface area contributed by atoms with Crippen LogP contribution in [0.3, 0.4) is 0 Å². The molecule has 2 aromatic rings. The molecule has 1 fully saturated rings. The molecule has 0 unspecified atom stereocenters. The summed E-state index contributed by atoms with van der Waals surface area (Å²) < 4.78 is 0. The quantitative estimate of drug-likeness (QED) is 0.911. The number of amides is 1. The zero-order valence-electron chi connectivity index (χ0n) is 12.8. The highest BCUT2D eigenvalue weighted by atomic mass is 16.2. The SMILES string of the molecule is C[C@@H](N)C(=O)N1CCC(c2[nH]ncc2-c2ccccc2)CC1. The number of hydrogen-bond donors (Lipinski definition) is 2. The Kier molecular flexibility index (Phi) is 4.24. The molecule has 0 saturated carbocycles. The van der Waals surface area contributed by atoms with Crippen LogP contribution in [0.4, 0.5) is 0 Å². The van der Waals surface area contributed by atoms with Crippen LogP contribution in [-0.4, -0.2) is 40.1 Å². The van der Waals surface area contributed by atoms with Crippen LogP contribution in [0, 0.1) is 0 Å². The van der Waals surface area contributed by atoms with Crippen LogP contribution in [0.15, 0.2) is 36.5 Å². The van der Waals surface area contributed by atoms with Gasteiger partial charge in [-0.25, -0.2) is 0 Å². The lowest BCUT2D eigenvalue weighted by Crippen LogP contribution is -2.45. The number of hydrogen-bond acceptors (Lipinski definition) is 3. The van der Waals surface area contributed by atoms with E-state index in [1.165, 1.54) is 11.3 Å². The molecule has 5 nitrogen and oxygen atoms in total. The van der Waals surface area contributed by atoms with Crippen molar-refractivity contribution < 1.29 is 4.79 Å². The molecule has 1 aromatic heterocycles. The van der Waals surface area contributed by atoms with Crippen LogP contribution in [0.1, 0.15) is 31.4 Å². The molecular weight excluding hydrogens is 276 g/mol. The molecule has 1 atom stereocenters. The number of nitrogens with zero attached hydrogens (tertiary/aromatic N) is 2. The highest BCUT2D eigenvalue weighted by Crippen LogP contribution is 2.33. The third kappa shape index (κ3) is 2.90. The number of piperidine rings is 1. The summed E-state index contributed by atoms with van der Waals surface area (Å²) in [6, 6.07) is 9.88. The largest absolute Gasteiger partial charge is 0.341 e. The van der Waals surface area contributed by atoms with Crippen molar-refractivity contribution in [2.45, 2.75) is 31.7 Å². The molecule has 3 rings (SSSR count). The Morgan fingerprint density at radius 3 is 2.64 bits per heavy atom. The zero-order valence-corrected chi connectivity index (χ0v) is 12.8. The predicted molar refractivity (Wildman–Crippen MR) is 86.2 cm³/mol. The topological polar surface area (TPSA) is 75.0 Å². The molecule has 3 N–H and O–H groups in total. The van der Waals surface area contributed by atoms with Crippen molar-refractivity contribution in [3.63, 3.8) is 0 Å². The van der Waals surface area contributed by atoms with E-state index in [1.807, 2.05) is 29.3 Å². The maximum atomic E-state index is 12.0. The number of likely N-dealkylation sites (tertiary alicyclic amines) is 1. The molecule has 0 radical (unpaired) electrons. The second kappa shape index (κ2) is 6.32. The van der Waals surface area contributed by atoms with E-state index in [0.717, 1.165) is 31.5 Å². The van der Waals surface area contributed by atoms with Gasteiger partial charge in [-0.2, -0.15) is 5.10 Å². The molecular formula is C17H22N4O. The number of rotatable bonds is 3. The second-order valence-corrected chi connectivity index (χ2v) is 5.95. The van der Waals surface area contributed by atoms with Crippen LogP contribution in [0.2, 0.25) is 0 Å². The average molecular weight is 298 g/mol. The summed E-state index contributed by atoms with van der Waals surface area (Å²) in [7, 11) is 0. The minimum Gasteiger partial charge on any atom is -0.341 e. The lowest BCUT2D eigenvalue weighted by Gasteiger charge is -2.33. The van der Waals surface area contributed by atoms with Crippen LogP contribution >= 0.6 is 0 Å². The van der Waals surface area contributed by atoms with Crippen LogP contribution in [0.5, 0.6) is 0 Å². The first-order chi connectivity index (χ1) is 10.7. The van der Waals surface area contributed by atoms with Gasteiger partial charge in [-0.3, -0.25) is 9.89 Å². The van der Waals surface area contributed by atoms with E-state index in [1.54, 1.807) is 6.92 Å². The van der Waals surface area contributed by atoms with Gasteiger partial charge in [0.15, 0.2) is 0 Å². The van der Waals surface area contributed by atoms with Crippen LogP contribution < -0.4 is 5.73 Å². The number of benzene rings is 1. The molecule has 1 amide bonds. The van der Waals surface area contributed by atoms with E-state index in [4.69, 9.17) is 5.73 Å². The number of nitrogens with two attached hydrogens (primary N) is 1. The highest BCUT2D eigenvalue weighted by Gasteiger charge is 2.27. The van der Waals surface area contributed by atoms with Gasteiger partial charge in [0.2, 0.25) is 5.91 Å². The van der Waals surface area contributed by atoms with Crippen molar-refractivity contribution in [3.05, 3.63) is 42.2 Å². The van der Waals surface area contributed by atoms with Gasteiger partial charge in [0.25, 0.3) is 0 Å². The van der Waals surface area contributed by atoms with Gasteiger partial charge >= 0.3 is 0 Å². The lowest BCUT2D eigenvalue weighted by molar-refractivity contribution is -0.133. The normalized spacial score (nSPS) is 17.5. The van der Waals surface area contributed by atoms with E-state index < -0.39 is 6.04 Å². The fourth-order valence-electron chi connectivity index (χ4n) is 3.13. The first-order valence-electron chi connectivity index (χ1n) is 7.80. The fourth-order valence-corrected chi connectivity index (χ4v) is 3.13. The summed E-state index contributed by atoms with van der Waals surface area (Å²) in [5.74, 6) is 0.459. The molecule has 22 heavy (non-hydrogen) atoms. The number of aromatic amines is 1. The van der Waals surface area contributed by atoms with Gasteiger partial charge in [-0.05, 0) is 25.3 Å². The predicted octanol–water partition coefficient (Wildman–Crippen LogP) is 2.13. The molecule has 0 aliphatic carbocycles. The van der Waals surface area contributed by atoms with E-state index in [-0.39, 0.29) is 5.91 Å². The van der Waals surface area contributed by atoms with Crippen molar-refractivity contribution in [2.24, 2.45) is 5.73 Å². The minimum absolute atomic E-state index is 0.0475. The summed E-state index contributed by atoms with van der Waals surface area (Å²) in [5.41, 5.74) is 9.21. The second-order valence-electron chi connectivity index (χ2n) is 5.95. The van der Waals surface area contributed by atoms with E-state index >= 15 is 0 Å². The number of carbonyl (C=O) groups is 1. The number of H-pyrrole nitrogens is 1. The molecule has 2 heterocycles. The van der Waals surface area contributed by atoms with Gasteiger partial charge in [0.05, 0.1) is 12.2 Å². The standard InChI is InChI=1S/C17H22N4O/c1-12(18)17(22)21-9-7-14(8-10-21)16-15(11-19-20-16)13-5-3-2-4-6-13/h2-6,11-12,14H,7-10,18H2,1H3,(H,19,20)/t12-/m1/s1. The smallest absolute Gasteiger partial charge is 0.239 e. The third-order valence-corrected chi connectivity index (χ3v) is 4.36. The fraction of sp³-hybridized carbons (Fsp3) is 0.412. The Balaban J connectivity index is 1.73. The van der Waals surface area contributed by atoms with Gasteiger partial charge in [0, 0.05) is 30.3 Å². The van der Waals surface area contributed by atoms with Crippen LogP contribution in [-0.2, 0) is 4.79 Å². The van der Waals surface area contributed by atoms with Gasteiger partial charge in [0.1, 0.15) is 0 Å². The molecule has 0 bridgehead atoms. The molecule has 1 aliphatic heterocycles. The highest BCUT2D eigenvalue weighted by molar-refractivity contribution is 5.81. The summed E-state index contributed by atoms with van der Waals surface area (Å²) in [4.78, 5) is 13.8. The first-order valence-corrected chi connectivity index (χ1v) is 7.80. The third-order valence-electron chi connectivity index (χ3n) is 4.36. The van der Waals surface area contributed by atoms with Crippen molar-refractivity contribution in [2.75, 3.05) is 13.1 Å². The van der Waals surface area contributed by atoms with Crippen LogP contribution in [0.25, 0.3) is 11.1 Å². The van der Waals surface area contributed by atoms with Crippen molar-refractivity contribution in [1.29, 1.82) is 0 Å². The van der Waals surface area contributed by atoms with Gasteiger partial charge in [-0.15, -0.1) is 0 Å².